The first-order valence-electron chi connectivity index (χ1n) is 5.01. The van der Waals surface area contributed by atoms with Crippen LogP contribution in [0.1, 0.15) is 27.7 Å². The molecule has 0 amide bonds. The predicted molar refractivity (Wildman–Crippen MR) is 55.4 cm³/mol. The Bertz CT molecular complexity index is 171. The lowest BCUT2D eigenvalue weighted by molar-refractivity contribution is -0.139. The number of nitrogens with one attached hydrogen (secondary N) is 1. The van der Waals surface area contributed by atoms with Crippen molar-refractivity contribution in [3.8, 4) is 0 Å². The zero-order valence-electron chi connectivity index (χ0n) is 9.41. The Morgan fingerprint density at radius 1 is 1.36 bits per heavy atom. The third-order valence-electron chi connectivity index (χ3n) is 1.86. The molecule has 0 aliphatic rings. The predicted octanol–water partition coefficient (Wildman–Crippen LogP) is 1.11. The minimum atomic E-state index is -0.818. The molecule has 2 atom stereocenters. The molecule has 0 aliphatic heterocycles. The average molecular weight is 203 g/mol. The summed E-state index contributed by atoms with van der Waals surface area (Å²) >= 11 is 0. The molecule has 84 valence electrons. The third-order valence-corrected chi connectivity index (χ3v) is 1.86. The van der Waals surface area contributed by atoms with Gasteiger partial charge in [0.1, 0.15) is 6.04 Å². The summed E-state index contributed by atoms with van der Waals surface area (Å²) in [6.07, 6.45) is 0.231. The van der Waals surface area contributed by atoms with Crippen molar-refractivity contribution in [3.63, 3.8) is 0 Å². The highest BCUT2D eigenvalue weighted by atomic mass is 16.5. The molecule has 4 heteroatoms. The smallest absolute Gasteiger partial charge is 0.320 e. The summed E-state index contributed by atoms with van der Waals surface area (Å²) in [5.41, 5.74) is 0. The van der Waals surface area contributed by atoms with Crippen molar-refractivity contribution in [2.75, 3.05) is 13.2 Å². The zero-order chi connectivity index (χ0) is 11.1. The molecule has 0 aromatic carbocycles. The summed E-state index contributed by atoms with van der Waals surface area (Å²) in [6.45, 7) is 8.97. The van der Waals surface area contributed by atoms with Gasteiger partial charge in [-0.2, -0.15) is 0 Å². The Hall–Kier alpha value is -0.610. The van der Waals surface area contributed by atoms with Crippen molar-refractivity contribution in [1.29, 1.82) is 0 Å². The summed E-state index contributed by atoms with van der Waals surface area (Å²) in [4.78, 5) is 10.5. The van der Waals surface area contributed by atoms with Gasteiger partial charge in [0.2, 0.25) is 0 Å². The van der Waals surface area contributed by atoms with E-state index in [1.54, 1.807) is 6.92 Å². The molecule has 4 nitrogen and oxygen atoms in total. The first kappa shape index (κ1) is 13.4. The molecule has 14 heavy (non-hydrogen) atoms. The van der Waals surface area contributed by atoms with E-state index in [9.17, 15) is 4.79 Å². The molecule has 0 radical (unpaired) electrons. The Morgan fingerprint density at radius 3 is 2.36 bits per heavy atom. The van der Waals surface area contributed by atoms with E-state index < -0.39 is 12.0 Å². The fraction of sp³-hybridized carbons (Fsp3) is 0.900. The van der Waals surface area contributed by atoms with Crippen molar-refractivity contribution in [2.45, 2.75) is 39.8 Å². The number of carboxylic acids is 1. The maximum absolute atomic E-state index is 10.5. The monoisotopic (exact) mass is 203 g/mol. The number of carbonyl (C=O) groups is 1. The van der Waals surface area contributed by atoms with Crippen LogP contribution in [0.25, 0.3) is 0 Å². The van der Waals surface area contributed by atoms with Crippen LogP contribution in [0.2, 0.25) is 0 Å². The van der Waals surface area contributed by atoms with Gasteiger partial charge in [0.25, 0.3) is 0 Å². The molecular weight excluding hydrogens is 182 g/mol. The molecule has 0 saturated carbocycles. The van der Waals surface area contributed by atoms with Gasteiger partial charge in [-0.05, 0) is 26.7 Å². The summed E-state index contributed by atoms with van der Waals surface area (Å²) in [7, 11) is 0. The second kappa shape index (κ2) is 6.79. The van der Waals surface area contributed by atoms with Crippen LogP contribution in [0.15, 0.2) is 0 Å². The van der Waals surface area contributed by atoms with Gasteiger partial charge in [-0.3, -0.25) is 4.79 Å². The van der Waals surface area contributed by atoms with Crippen molar-refractivity contribution >= 4 is 5.97 Å². The summed E-state index contributed by atoms with van der Waals surface area (Å²) in [5, 5.41) is 11.5. The molecule has 0 saturated heterocycles. The van der Waals surface area contributed by atoms with Gasteiger partial charge in [-0.25, -0.2) is 0 Å². The van der Waals surface area contributed by atoms with Gasteiger partial charge in [0.05, 0.1) is 12.7 Å². The van der Waals surface area contributed by atoms with Gasteiger partial charge in [0, 0.05) is 6.54 Å². The van der Waals surface area contributed by atoms with Gasteiger partial charge >= 0.3 is 5.97 Å². The van der Waals surface area contributed by atoms with E-state index in [-0.39, 0.29) is 6.10 Å². The molecule has 0 rings (SSSR count). The molecule has 0 aromatic heterocycles. The first-order valence-corrected chi connectivity index (χ1v) is 5.01. The number of hydrogen-bond acceptors (Lipinski definition) is 3. The quantitative estimate of drug-likeness (QED) is 0.650. The van der Waals surface area contributed by atoms with Crippen LogP contribution in [0.5, 0.6) is 0 Å². The van der Waals surface area contributed by atoms with E-state index in [0.717, 1.165) is 0 Å². The Balaban J connectivity index is 3.53. The van der Waals surface area contributed by atoms with Crippen LogP contribution in [-0.2, 0) is 9.53 Å². The maximum atomic E-state index is 10.5. The fourth-order valence-electron chi connectivity index (χ4n) is 0.881. The van der Waals surface area contributed by atoms with E-state index in [1.165, 1.54) is 0 Å². The number of aliphatic carboxylic acids is 1. The molecule has 1 unspecified atom stereocenters. The van der Waals surface area contributed by atoms with E-state index in [2.05, 4.69) is 5.32 Å². The van der Waals surface area contributed by atoms with Crippen LogP contribution in [0.3, 0.4) is 0 Å². The Labute approximate surface area is 85.6 Å². The largest absolute Gasteiger partial charge is 0.480 e. The molecule has 0 spiro atoms. The zero-order valence-corrected chi connectivity index (χ0v) is 9.41. The normalized spacial score (nSPS) is 15.5. The van der Waals surface area contributed by atoms with Crippen LogP contribution < -0.4 is 5.32 Å². The maximum Gasteiger partial charge on any atom is 0.320 e. The molecule has 2 N–H and O–H groups in total. The highest BCUT2D eigenvalue weighted by molar-refractivity contribution is 5.72. The lowest BCUT2D eigenvalue weighted by Crippen LogP contribution is -2.37. The second-order valence-electron chi connectivity index (χ2n) is 3.96. The number of carboxylic acid groups (broad SMARTS) is 1. The van der Waals surface area contributed by atoms with E-state index in [0.29, 0.717) is 19.1 Å². The summed E-state index contributed by atoms with van der Waals surface area (Å²) in [5.74, 6) is -0.485. The lowest BCUT2D eigenvalue weighted by atomic mass is 10.2. The highest BCUT2D eigenvalue weighted by Gasteiger charge is 2.11. The average Bonchev–Trinajstić information content (AvgIpc) is 2.10. The minimum absolute atomic E-state index is 0.231. The first-order chi connectivity index (χ1) is 6.43. The van der Waals surface area contributed by atoms with Crippen molar-refractivity contribution < 1.29 is 14.6 Å². The SMILES string of the molecule is CC(CN[C@@H](C)C(=O)O)COC(C)C. The van der Waals surface area contributed by atoms with Gasteiger partial charge in [-0.15, -0.1) is 0 Å². The molecule has 0 heterocycles. The van der Waals surface area contributed by atoms with Crippen LogP contribution in [-0.4, -0.2) is 36.4 Å². The van der Waals surface area contributed by atoms with Crippen LogP contribution >= 0.6 is 0 Å². The van der Waals surface area contributed by atoms with E-state index in [1.807, 2.05) is 20.8 Å². The van der Waals surface area contributed by atoms with Crippen molar-refractivity contribution in [1.82, 2.24) is 5.32 Å². The standard InChI is InChI=1S/C10H21NO3/c1-7(2)14-6-8(3)5-11-9(4)10(12)13/h7-9,11H,5-6H2,1-4H3,(H,12,13)/t8?,9-/m0/s1. The fourth-order valence-corrected chi connectivity index (χ4v) is 0.881. The number of hydrogen-bond donors (Lipinski definition) is 2. The second-order valence-corrected chi connectivity index (χ2v) is 3.96. The van der Waals surface area contributed by atoms with Gasteiger partial charge in [-0.1, -0.05) is 6.92 Å². The Morgan fingerprint density at radius 2 is 1.93 bits per heavy atom. The lowest BCUT2D eigenvalue weighted by Gasteiger charge is -2.16. The van der Waals surface area contributed by atoms with Crippen LogP contribution in [0, 0.1) is 5.92 Å². The molecular formula is C10H21NO3. The van der Waals surface area contributed by atoms with Crippen molar-refractivity contribution in [3.05, 3.63) is 0 Å². The van der Waals surface area contributed by atoms with E-state index >= 15 is 0 Å². The van der Waals surface area contributed by atoms with Gasteiger partial charge in [0.15, 0.2) is 0 Å². The molecule has 0 aliphatic carbocycles. The third kappa shape index (κ3) is 6.86. The van der Waals surface area contributed by atoms with Crippen LogP contribution in [0.4, 0.5) is 0 Å². The Kier molecular flexibility index (Phi) is 6.49. The van der Waals surface area contributed by atoms with Crippen molar-refractivity contribution in [2.24, 2.45) is 5.92 Å². The summed E-state index contributed by atoms with van der Waals surface area (Å²) in [6, 6.07) is -0.489. The van der Waals surface area contributed by atoms with Gasteiger partial charge < -0.3 is 15.2 Å². The molecule has 0 aromatic rings. The number of ether oxygens (including phenoxy) is 1. The molecule has 0 fully saturated rings. The molecule has 0 bridgehead atoms. The number of rotatable bonds is 7. The van der Waals surface area contributed by atoms with E-state index in [4.69, 9.17) is 9.84 Å². The summed E-state index contributed by atoms with van der Waals surface area (Å²) < 4.78 is 5.41. The topological polar surface area (TPSA) is 58.6 Å². The highest BCUT2D eigenvalue weighted by Crippen LogP contribution is 1.98. The minimum Gasteiger partial charge on any atom is -0.480 e.